The number of ether oxygens (including phenoxy) is 1. The summed E-state index contributed by atoms with van der Waals surface area (Å²) in [6.07, 6.45) is 0. The van der Waals surface area contributed by atoms with Crippen LogP contribution in [0.15, 0.2) is 60.8 Å². The topological polar surface area (TPSA) is 122 Å². The number of aliphatic hydroxyl groups excluding tert-OH is 1. The first-order chi connectivity index (χ1) is 14.4. The van der Waals surface area contributed by atoms with E-state index in [0.29, 0.717) is 22.7 Å². The van der Waals surface area contributed by atoms with Gasteiger partial charge in [-0.15, -0.1) is 0 Å². The van der Waals surface area contributed by atoms with E-state index in [2.05, 4.69) is 11.9 Å². The first kappa shape index (κ1) is 21.0. The number of rotatable bonds is 8. The molecule has 2 aromatic carbocycles. The number of ketones is 1. The van der Waals surface area contributed by atoms with Crippen LogP contribution in [0.4, 0.5) is 11.4 Å². The summed E-state index contributed by atoms with van der Waals surface area (Å²) in [6.45, 7) is 3.59. The number of nitrogens with one attached hydrogen (secondary N) is 1. The van der Waals surface area contributed by atoms with Gasteiger partial charge < -0.3 is 20.1 Å². The third-order valence-corrected chi connectivity index (χ3v) is 4.96. The van der Waals surface area contributed by atoms with Crippen molar-refractivity contribution in [2.24, 2.45) is 5.92 Å². The van der Waals surface area contributed by atoms with Crippen molar-refractivity contribution >= 4 is 23.1 Å². The molecular weight excluding hydrogens is 390 g/mol. The van der Waals surface area contributed by atoms with E-state index < -0.39 is 28.6 Å². The number of hydrogen-bond donors (Lipinski definition) is 2. The number of Topliss-reactive ketones (excluding diaryl/α,β-unsaturated/α-hetero) is 1. The van der Waals surface area contributed by atoms with Crippen molar-refractivity contribution in [1.82, 2.24) is 4.90 Å². The standard InChI is InChI=1S/C21H21N3O6/c1-13(22-15-5-9-17(30-2)10-6-15)18-19(23(11-12-25)21(27)20(18)26)14-3-7-16(8-4-14)24(28)29/h3-10,18-19,22,25H,1,11-12H2,2H3/t18-,19-/m0/s1. The molecule has 1 amide bonds. The minimum atomic E-state index is -0.924. The van der Waals surface area contributed by atoms with E-state index in [0.717, 1.165) is 0 Å². The van der Waals surface area contributed by atoms with Crippen LogP contribution in [0.25, 0.3) is 0 Å². The Morgan fingerprint density at radius 1 is 1.20 bits per heavy atom. The van der Waals surface area contributed by atoms with Gasteiger partial charge in [0.2, 0.25) is 5.78 Å². The van der Waals surface area contributed by atoms with Crippen molar-refractivity contribution in [3.8, 4) is 5.75 Å². The minimum Gasteiger partial charge on any atom is -0.497 e. The quantitative estimate of drug-likeness (QED) is 0.388. The number of carbonyl (C=O) groups is 2. The lowest BCUT2D eigenvalue weighted by atomic mass is 9.90. The summed E-state index contributed by atoms with van der Waals surface area (Å²) >= 11 is 0. The Bertz CT molecular complexity index is 971. The molecule has 0 aliphatic carbocycles. The lowest BCUT2D eigenvalue weighted by Crippen LogP contribution is -2.32. The highest BCUT2D eigenvalue weighted by molar-refractivity contribution is 6.39. The van der Waals surface area contributed by atoms with Gasteiger partial charge in [0.15, 0.2) is 0 Å². The summed E-state index contributed by atoms with van der Waals surface area (Å²) in [5, 5.41) is 23.4. The Morgan fingerprint density at radius 2 is 1.83 bits per heavy atom. The average molecular weight is 411 g/mol. The van der Waals surface area contributed by atoms with Crippen LogP contribution in [0.3, 0.4) is 0 Å². The Kier molecular flexibility index (Phi) is 6.12. The lowest BCUT2D eigenvalue weighted by Gasteiger charge is -2.28. The maximum Gasteiger partial charge on any atom is 0.291 e. The summed E-state index contributed by atoms with van der Waals surface area (Å²) in [7, 11) is 1.55. The van der Waals surface area contributed by atoms with E-state index in [1.165, 1.54) is 29.2 Å². The molecule has 1 aliphatic heterocycles. The molecule has 0 unspecified atom stereocenters. The molecular formula is C21H21N3O6. The van der Waals surface area contributed by atoms with Crippen LogP contribution in [0.1, 0.15) is 11.6 Å². The fraction of sp³-hybridized carbons (Fsp3) is 0.238. The summed E-state index contributed by atoms with van der Waals surface area (Å²) in [5.74, 6) is -1.64. The van der Waals surface area contributed by atoms with E-state index in [9.17, 15) is 24.8 Å². The molecule has 0 radical (unpaired) electrons. The number of nitro benzene ring substituents is 1. The maximum absolute atomic E-state index is 12.8. The molecule has 1 fully saturated rings. The zero-order chi connectivity index (χ0) is 21.8. The van der Waals surface area contributed by atoms with E-state index in [1.54, 1.807) is 31.4 Å². The molecule has 3 rings (SSSR count). The monoisotopic (exact) mass is 411 g/mol. The highest BCUT2D eigenvalue weighted by Gasteiger charge is 2.49. The number of carbonyl (C=O) groups excluding carboxylic acids is 2. The zero-order valence-electron chi connectivity index (χ0n) is 16.3. The molecule has 1 saturated heterocycles. The minimum absolute atomic E-state index is 0.0431. The molecule has 2 atom stereocenters. The van der Waals surface area contributed by atoms with Gasteiger partial charge in [-0.25, -0.2) is 0 Å². The van der Waals surface area contributed by atoms with Crippen molar-refractivity contribution in [2.45, 2.75) is 6.04 Å². The Balaban J connectivity index is 1.93. The van der Waals surface area contributed by atoms with Crippen LogP contribution >= 0.6 is 0 Å². The summed E-state index contributed by atoms with van der Waals surface area (Å²) in [4.78, 5) is 37.0. The summed E-state index contributed by atoms with van der Waals surface area (Å²) < 4.78 is 5.12. The van der Waals surface area contributed by atoms with Crippen LogP contribution in [0.2, 0.25) is 0 Å². The van der Waals surface area contributed by atoms with Crippen molar-refractivity contribution in [3.05, 3.63) is 76.5 Å². The smallest absolute Gasteiger partial charge is 0.291 e. The molecule has 0 bridgehead atoms. The fourth-order valence-corrected chi connectivity index (χ4v) is 3.52. The number of hydrogen-bond acceptors (Lipinski definition) is 7. The molecule has 9 heteroatoms. The predicted molar refractivity (Wildman–Crippen MR) is 109 cm³/mol. The molecule has 0 aromatic heterocycles. The largest absolute Gasteiger partial charge is 0.497 e. The Hall–Kier alpha value is -3.72. The molecule has 2 aromatic rings. The highest BCUT2D eigenvalue weighted by Crippen LogP contribution is 2.40. The number of aliphatic hydroxyl groups is 1. The van der Waals surface area contributed by atoms with Crippen LogP contribution < -0.4 is 10.1 Å². The van der Waals surface area contributed by atoms with Gasteiger partial charge in [-0.1, -0.05) is 18.7 Å². The second-order valence-electron chi connectivity index (χ2n) is 6.74. The van der Waals surface area contributed by atoms with Gasteiger partial charge in [-0.2, -0.15) is 0 Å². The SMILES string of the molecule is C=C(Nc1ccc(OC)cc1)[C@@H]1C(=O)C(=O)N(CCO)[C@H]1c1ccc([N+](=O)[O-])cc1. The highest BCUT2D eigenvalue weighted by atomic mass is 16.6. The number of β-amino-alcohol motifs (C(OH)–C–C–N with tert-alkyl or cyclic N) is 1. The Morgan fingerprint density at radius 3 is 2.37 bits per heavy atom. The van der Waals surface area contributed by atoms with E-state index in [-0.39, 0.29) is 18.8 Å². The Labute approximate surface area is 172 Å². The third-order valence-electron chi connectivity index (χ3n) is 4.96. The number of amides is 1. The maximum atomic E-state index is 12.8. The van der Waals surface area contributed by atoms with E-state index in [4.69, 9.17) is 4.74 Å². The van der Waals surface area contributed by atoms with Crippen molar-refractivity contribution < 1.29 is 24.4 Å². The van der Waals surface area contributed by atoms with Gasteiger partial charge in [-0.3, -0.25) is 19.7 Å². The van der Waals surface area contributed by atoms with Crippen molar-refractivity contribution in [1.29, 1.82) is 0 Å². The molecule has 2 N–H and O–H groups in total. The predicted octanol–water partition coefficient (Wildman–Crippen LogP) is 2.29. The molecule has 30 heavy (non-hydrogen) atoms. The summed E-state index contributed by atoms with van der Waals surface area (Å²) in [6, 6.07) is 11.9. The zero-order valence-corrected chi connectivity index (χ0v) is 16.3. The number of likely N-dealkylation sites (tertiary alicyclic amines) is 1. The second-order valence-corrected chi connectivity index (χ2v) is 6.74. The number of non-ortho nitro benzene ring substituents is 1. The molecule has 0 spiro atoms. The van der Waals surface area contributed by atoms with Gasteiger partial charge in [-0.05, 0) is 29.8 Å². The van der Waals surface area contributed by atoms with Crippen LogP contribution in [-0.2, 0) is 9.59 Å². The normalized spacial score (nSPS) is 18.4. The third kappa shape index (κ3) is 4.01. The van der Waals surface area contributed by atoms with Gasteiger partial charge >= 0.3 is 0 Å². The second kappa shape index (κ2) is 8.75. The number of nitrogens with zero attached hydrogens (tertiary/aromatic N) is 2. The fourth-order valence-electron chi connectivity index (χ4n) is 3.52. The summed E-state index contributed by atoms with van der Waals surface area (Å²) in [5.41, 5.74) is 1.40. The van der Waals surface area contributed by atoms with Gasteiger partial charge in [0.25, 0.3) is 11.6 Å². The average Bonchev–Trinajstić information content (AvgIpc) is 2.99. The van der Waals surface area contributed by atoms with Crippen molar-refractivity contribution in [3.63, 3.8) is 0 Å². The molecule has 1 heterocycles. The van der Waals surface area contributed by atoms with E-state index in [1.807, 2.05) is 0 Å². The van der Waals surface area contributed by atoms with Gasteiger partial charge in [0.1, 0.15) is 5.75 Å². The number of methoxy groups -OCH3 is 1. The van der Waals surface area contributed by atoms with Crippen LogP contribution in [-0.4, -0.2) is 46.9 Å². The van der Waals surface area contributed by atoms with Gasteiger partial charge in [0, 0.05) is 30.1 Å². The molecule has 0 saturated carbocycles. The number of benzene rings is 2. The van der Waals surface area contributed by atoms with Crippen LogP contribution in [0.5, 0.6) is 5.75 Å². The van der Waals surface area contributed by atoms with Crippen molar-refractivity contribution in [2.75, 3.05) is 25.6 Å². The number of anilines is 1. The van der Waals surface area contributed by atoms with E-state index >= 15 is 0 Å². The molecule has 9 nitrogen and oxygen atoms in total. The first-order valence-corrected chi connectivity index (χ1v) is 9.17. The molecule has 156 valence electrons. The first-order valence-electron chi connectivity index (χ1n) is 9.17. The lowest BCUT2D eigenvalue weighted by molar-refractivity contribution is -0.384. The molecule has 1 aliphatic rings. The van der Waals surface area contributed by atoms with Gasteiger partial charge in [0.05, 0.1) is 30.6 Å². The van der Waals surface area contributed by atoms with Crippen LogP contribution in [0, 0.1) is 16.0 Å². The number of nitro groups is 1.